The Balaban J connectivity index is 0.00000200. The minimum absolute atomic E-state index is 0. The summed E-state index contributed by atoms with van der Waals surface area (Å²) in [6, 6.07) is 4.41. The number of rotatable bonds is 3. The number of phenols is 1. The van der Waals surface area contributed by atoms with E-state index in [4.69, 9.17) is 5.73 Å². The standard InChI is InChI=1S/C14H18N2O3.ClH/c15-10-1-2-13(18)12(9-10)14(19)5-8-16-6-3-11(17)4-7-16;/h1-2,5,8-9,11,17-18H,3-4,6-7,15H2;1H. The molecule has 110 valence electrons. The van der Waals surface area contributed by atoms with E-state index in [1.165, 1.54) is 18.2 Å². The molecule has 0 spiro atoms. The van der Waals surface area contributed by atoms with Gasteiger partial charge in [-0.25, -0.2) is 0 Å². The highest BCUT2D eigenvalue weighted by atomic mass is 35.5. The number of hydrogen-bond donors (Lipinski definition) is 3. The van der Waals surface area contributed by atoms with Crippen molar-refractivity contribution in [3.8, 4) is 5.75 Å². The number of carbonyl (C=O) groups excluding carboxylic acids is 1. The van der Waals surface area contributed by atoms with Crippen LogP contribution in [0, 0.1) is 0 Å². The van der Waals surface area contributed by atoms with Crippen molar-refractivity contribution in [1.29, 1.82) is 0 Å². The summed E-state index contributed by atoms with van der Waals surface area (Å²) in [6.45, 7) is 1.46. The number of allylic oxidation sites excluding steroid dienone is 1. The number of aliphatic hydroxyl groups is 1. The Hall–Kier alpha value is -1.72. The van der Waals surface area contributed by atoms with Crippen LogP contribution in [-0.4, -0.2) is 40.1 Å². The summed E-state index contributed by atoms with van der Waals surface area (Å²) in [5.41, 5.74) is 6.24. The van der Waals surface area contributed by atoms with Crippen LogP contribution in [0.5, 0.6) is 5.75 Å². The number of aromatic hydroxyl groups is 1. The maximum atomic E-state index is 11.9. The van der Waals surface area contributed by atoms with E-state index in [-0.39, 0.29) is 35.6 Å². The fourth-order valence-electron chi connectivity index (χ4n) is 2.05. The van der Waals surface area contributed by atoms with Crippen LogP contribution in [0.4, 0.5) is 5.69 Å². The van der Waals surface area contributed by atoms with Crippen molar-refractivity contribution < 1.29 is 15.0 Å². The van der Waals surface area contributed by atoms with E-state index in [1.54, 1.807) is 12.3 Å². The molecule has 5 nitrogen and oxygen atoms in total. The highest BCUT2D eigenvalue weighted by Gasteiger charge is 2.14. The lowest BCUT2D eigenvalue weighted by atomic mass is 10.1. The van der Waals surface area contributed by atoms with Gasteiger partial charge in [0.1, 0.15) is 5.75 Å². The second kappa shape index (κ2) is 7.17. The number of anilines is 1. The highest BCUT2D eigenvalue weighted by molar-refractivity contribution is 6.06. The Kier molecular flexibility index (Phi) is 5.85. The molecule has 1 aromatic rings. The molecule has 0 saturated carbocycles. The first kappa shape index (κ1) is 16.3. The molecule has 0 radical (unpaired) electrons. The molecule has 0 amide bonds. The Morgan fingerprint density at radius 3 is 2.65 bits per heavy atom. The number of ketones is 1. The number of hydrogen-bond acceptors (Lipinski definition) is 5. The summed E-state index contributed by atoms with van der Waals surface area (Å²) in [5, 5.41) is 19.0. The van der Waals surface area contributed by atoms with Crippen LogP contribution >= 0.6 is 12.4 Å². The molecule has 1 aliphatic rings. The zero-order valence-electron chi connectivity index (χ0n) is 11.0. The maximum absolute atomic E-state index is 11.9. The number of likely N-dealkylation sites (tertiary alicyclic amines) is 1. The Morgan fingerprint density at radius 2 is 2.00 bits per heavy atom. The predicted molar refractivity (Wildman–Crippen MR) is 80.1 cm³/mol. The molecule has 1 aliphatic heterocycles. The third-order valence-electron chi connectivity index (χ3n) is 3.22. The molecule has 1 heterocycles. The van der Waals surface area contributed by atoms with Crippen LogP contribution < -0.4 is 5.73 Å². The molecule has 1 aromatic carbocycles. The number of benzene rings is 1. The smallest absolute Gasteiger partial charge is 0.191 e. The van der Waals surface area contributed by atoms with Crippen molar-refractivity contribution in [1.82, 2.24) is 4.90 Å². The van der Waals surface area contributed by atoms with E-state index in [0.29, 0.717) is 18.5 Å². The van der Waals surface area contributed by atoms with Crippen molar-refractivity contribution in [2.24, 2.45) is 0 Å². The summed E-state index contributed by atoms with van der Waals surface area (Å²) >= 11 is 0. The second-order valence-electron chi connectivity index (χ2n) is 4.72. The molecule has 0 aliphatic carbocycles. The highest BCUT2D eigenvalue weighted by Crippen LogP contribution is 2.20. The van der Waals surface area contributed by atoms with E-state index < -0.39 is 0 Å². The van der Waals surface area contributed by atoms with Gasteiger partial charge < -0.3 is 20.8 Å². The summed E-state index contributed by atoms with van der Waals surface area (Å²) in [5.74, 6) is -0.353. The van der Waals surface area contributed by atoms with Gasteiger partial charge in [0.15, 0.2) is 5.78 Å². The monoisotopic (exact) mass is 298 g/mol. The van der Waals surface area contributed by atoms with Gasteiger partial charge in [-0.3, -0.25) is 4.79 Å². The minimum atomic E-state index is -0.282. The first-order valence-electron chi connectivity index (χ1n) is 6.29. The van der Waals surface area contributed by atoms with Crippen molar-refractivity contribution >= 4 is 23.9 Å². The number of piperidine rings is 1. The van der Waals surface area contributed by atoms with Gasteiger partial charge in [-0.05, 0) is 31.0 Å². The number of nitrogens with zero attached hydrogens (tertiary/aromatic N) is 1. The first-order chi connectivity index (χ1) is 9.06. The third-order valence-corrected chi connectivity index (χ3v) is 3.22. The van der Waals surface area contributed by atoms with Crippen LogP contribution in [0.1, 0.15) is 23.2 Å². The van der Waals surface area contributed by atoms with Crippen LogP contribution in [-0.2, 0) is 0 Å². The molecule has 2 rings (SSSR count). The molecule has 1 fully saturated rings. The number of nitrogen functional groups attached to an aromatic ring is 1. The molecule has 0 aromatic heterocycles. The zero-order valence-corrected chi connectivity index (χ0v) is 11.8. The van der Waals surface area contributed by atoms with Crippen LogP contribution in [0.2, 0.25) is 0 Å². The fraction of sp³-hybridized carbons (Fsp3) is 0.357. The molecule has 0 atom stereocenters. The molecule has 4 N–H and O–H groups in total. The van der Waals surface area contributed by atoms with E-state index >= 15 is 0 Å². The Bertz CT molecular complexity index is 497. The second-order valence-corrected chi connectivity index (χ2v) is 4.72. The van der Waals surface area contributed by atoms with Gasteiger partial charge in [0.2, 0.25) is 0 Å². The molecule has 1 saturated heterocycles. The third kappa shape index (κ3) is 4.15. The molecule has 20 heavy (non-hydrogen) atoms. The number of halogens is 1. The largest absolute Gasteiger partial charge is 0.507 e. The van der Waals surface area contributed by atoms with Crippen LogP contribution in [0.15, 0.2) is 30.5 Å². The van der Waals surface area contributed by atoms with Crippen LogP contribution in [0.25, 0.3) is 0 Å². The van der Waals surface area contributed by atoms with E-state index in [2.05, 4.69) is 0 Å². The Morgan fingerprint density at radius 1 is 1.35 bits per heavy atom. The fourth-order valence-corrected chi connectivity index (χ4v) is 2.05. The summed E-state index contributed by atoms with van der Waals surface area (Å²) in [6.07, 6.45) is 4.31. The first-order valence-corrected chi connectivity index (χ1v) is 6.29. The van der Waals surface area contributed by atoms with E-state index in [1.807, 2.05) is 4.90 Å². The molecule has 0 unspecified atom stereocenters. The molecular weight excluding hydrogens is 280 g/mol. The maximum Gasteiger partial charge on any atom is 0.191 e. The van der Waals surface area contributed by atoms with Gasteiger partial charge in [-0.1, -0.05) is 0 Å². The van der Waals surface area contributed by atoms with E-state index in [0.717, 1.165) is 13.1 Å². The van der Waals surface area contributed by atoms with Gasteiger partial charge >= 0.3 is 0 Å². The van der Waals surface area contributed by atoms with Crippen molar-refractivity contribution in [2.45, 2.75) is 18.9 Å². The summed E-state index contributed by atoms with van der Waals surface area (Å²) < 4.78 is 0. The number of aliphatic hydroxyl groups excluding tert-OH is 1. The van der Waals surface area contributed by atoms with Crippen molar-refractivity contribution in [3.05, 3.63) is 36.0 Å². The predicted octanol–water partition coefficient (Wildman–Crippen LogP) is 1.55. The quantitative estimate of drug-likeness (QED) is 0.341. The SMILES string of the molecule is Cl.Nc1ccc(O)c(C(=O)C=CN2CCC(O)CC2)c1. The van der Waals surface area contributed by atoms with Crippen molar-refractivity contribution in [2.75, 3.05) is 18.8 Å². The number of nitrogens with two attached hydrogens (primary N) is 1. The summed E-state index contributed by atoms with van der Waals surface area (Å²) in [4.78, 5) is 13.9. The molecule has 6 heteroatoms. The van der Waals surface area contributed by atoms with Gasteiger partial charge in [-0.15, -0.1) is 12.4 Å². The van der Waals surface area contributed by atoms with E-state index in [9.17, 15) is 15.0 Å². The van der Waals surface area contributed by atoms with Crippen LogP contribution in [0.3, 0.4) is 0 Å². The number of carbonyl (C=O) groups is 1. The lowest BCUT2D eigenvalue weighted by molar-refractivity contribution is 0.100. The van der Waals surface area contributed by atoms with Gasteiger partial charge in [0.05, 0.1) is 11.7 Å². The number of phenolic OH excluding ortho intramolecular Hbond substituents is 1. The lowest BCUT2D eigenvalue weighted by Gasteiger charge is -2.28. The van der Waals surface area contributed by atoms with Gasteiger partial charge in [0.25, 0.3) is 0 Å². The average molecular weight is 299 g/mol. The topological polar surface area (TPSA) is 86.8 Å². The Labute approximate surface area is 124 Å². The summed E-state index contributed by atoms with van der Waals surface area (Å²) in [7, 11) is 0. The van der Waals surface area contributed by atoms with Gasteiger partial charge in [0, 0.05) is 31.1 Å². The molecular formula is C14H19ClN2O3. The zero-order chi connectivity index (χ0) is 13.8. The van der Waals surface area contributed by atoms with Crippen molar-refractivity contribution in [3.63, 3.8) is 0 Å². The molecule has 0 bridgehead atoms. The minimum Gasteiger partial charge on any atom is -0.507 e. The average Bonchev–Trinajstić information content (AvgIpc) is 2.40. The normalized spacial score (nSPS) is 16.1. The van der Waals surface area contributed by atoms with Gasteiger partial charge in [-0.2, -0.15) is 0 Å². The lowest BCUT2D eigenvalue weighted by Crippen LogP contribution is -2.32.